The van der Waals surface area contributed by atoms with Gasteiger partial charge in [0.25, 0.3) is 5.92 Å². The smallest absolute Gasteiger partial charge is 0.261 e. The van der Waals surface area contributed by atoms with E-state index < -0.39 is 5.92 Å². The van der Waals surface area contributed by atoms with Crippen LogP contribution in [0.3, 0.4) is 0 Å². The van der Waals surface area contributed by atoms with Crippen molar-refractivity contribution in [2.24, 2.45) is 0 Å². The molecule has 0 atom stereocenters. The van der Waals surface area contributed by atoms with Gasteiger partial charge in [0.1, 0.15) is 16.9 Å². The summed E-state index contributed by atoms with van der Waals surface area (Å²) in [4.78, 5) is 19.1. The Hall–Kier alpha value is -4.50. The summed E-state index contributed by atoms with van der Waals surface area (Å²) in [7, 11) is 0. The fraction of sp³-hybridized carbons (Fsp3) is 0.200. The predicted molar refractivity (Wildman–Crippen MR) is 150 cm³/mol. The maximum Gasteiger partial charge on any atom is 0.261 e. The van der Waals surface area contributed by atoms with Gasteiger partial charge >= 0.3 is 0 Å². The molecule has 0 spiro atoms. The third-order valence-corrected chi connectivity index (χ3v) is 7.00. The Balaban J connectivity index is 1.35. The number of rotatable bonds is 7. The maximum absolute atomic E-state index is 13.7. The van der Waals surface area contributed by atoms with E-state index in [1.165, 1.54) is 0 Å². The number of fused-ring (bicyclic) bond motifs is 2. The molecule has 0 radical (unpaired) electrons. The number of alkyl halides is 2. The molecule has 1 fully saturated rings. The van der Waals surface area contributed by atoms with Crippen molar-refractivity contribution >= 4 is 27.6 Å². The molecule has 9 heteroatoms. The van der Waals surface area contributed by atoms with E-state index in [4.69, 9.17) is 4.98 Å². The van der Waals surface area contributed by atoms with Gasteiger partial charge in [-0.15, -0.1) is 0 Å². The molecule has 0 amide bonds. The fourth-order valence-electron chi connectivity index (χ4n) is 5.02. The van der Waals surface area contributed by atoms with E-state index in [9.17, 15) is 8.78 Å². The van der Waals surface area contributed by atoms with Gasteiger partial charge in [0.2, 0.25) is 0 Å². The highest BCUT2D eigenvalue weighted by Gasteiger charge is 2.37. The Labute approximate surface area is 224 Å². The molecule has 1 aliphatic rings. The molecule has 5 aromatic rings. The average molecular weight is 524 g/mol. The first-order valence-corrected chi connectivity index (χ1v) is 12.8. The first-order chi connectivity index (χ1) is 18.9. The van der Waals surface area contributed by atoms with Crippen LogP contribution in [0.25, 0.3) is 50.3 Å². The Morgan fingerprint density at radius 2 is 2.05 bits per heavy atom. The van der Waals surface area contributed by atoms with Crippen molar-refractivity contribution in [2.75, 3.05) is 19.6 Å². The lowest BCUT2D eigenvalue weighted by Gasteiger charge is -2.16. The molecule has 1 saturated heterocycles. The summed E-state index contributed by atoms with van der Waals surface area (Å²) in [6.07, 6.45) is 9.07. The van der Waals surface area contributed by atoms with Crippen LogP contribution >= 0.6 is 0 Å². The van der Waals surface area contributed by atoms with E-state index >= 15 is 0 Å². The molecule has 0 aromatic carbocycles. The van der Waals surface area contributed by atoms with Crippen LogP contribution in [0.2, 0.25) is 0 Å². The molecule has 39 heavy (non-hydrogen) atoms. The standard InChI is InChI=1S/C30H27F2N7/c1-3-19(17-39-14-11-30(31,32)18-39)15-20(4-2)23-8-9-25-27(35-23)28(38-37-25)26-16-22-21(10-13-34-29(22)36-26)24-7-5-6-12-33-24/h3-10,12-13,15-16H,1,11,14,17-18H2,2H3,(H,34,36)(H,37,38)/b19-15+,20-4+. The number of H-pyrrole nitrogens is 2. The van der Waals surface area contributed by atoms with Gasteiger partial charge in [-0.2, -0.15) is 5.10 Å². The summed E-state index contributed by atoms with van der Waals surface area (Å²) in [6.45, 7) is 6.39. The van der Waals surface area contributed by atoms with Gasteiger partial charge in [-0.25, -0.2) is 18.7 Å². The normalized spacial score (nSPS) is 16.4. The minimum atomic E-state index is -2.63. The zero-order valence-electron chi connectivity index (χ0n) is 21.5. The second-order valence-corrected chi connectivity index (χ2v) is 9.67. The summed E-state index contributed by atoms with van der Waals surface area (Å²) in [5, 5.41) is 8.58. The quantitative estimate of drug-likeness (QED) is 0.241. The number of pyridine rings is 3. The Kier molecular flexibility index (Phi) is 6.36. The van der Waals surface area contributed by atoms with Crippen molar-refractivity contribution in [2.45, 2.75) is 19.3 Å². The number of nitrogens with one attached hydrogen (secondary N) is 2. The molecule has 7 nitrogen and oxygen atoms in total. The molecule has 2 N–H and O–H groups in total. The van der Waals surface area contributed by atoms with Crippen LogP contribution in [0.5, 0.6) is 0 Å². The number of aromatic amines is 2. The third-order valence-electron chi connectivity index (χ3n) is 7.00. The Bertz CT molecular complexity index is 1730. The van der Waals surface area contributed by atoms with Gasteiger partial charge in [-0.05, 0) is 60.5 Å². The van der Waals surface area contributed by atoms with E-state index in [-0.39, 0.29) is 13.0 Å². The number of hydrogen-bond donors (Lipinski definition) is 2. The second-order valence-electron chi connectivity index (χ2n) is 9.67. The minimum Gasteiger partial charge on any atom is -0.338 e. The summed E-state index contributed by atoms with van der Waals surface area (Å²) in [5.41, 5.74) is 8.05. The second kappa shape index (κ2) is 9.99. The molecule has 6 heterocycles. The third kappa shape index (κ3) is 4.88. The van der Waals surface area contributed by atoms with E-state index in [2.05, 4.69) is 31.7 Å². The van der Waals surface area contributed by atoms with E-state index in [1.54, 1.807) is 23.4 Å². The minimum absolute atomic E-state index is 0.109. The highest BCUT2D eigenvalue weighted by atomic mass is 19.3. The number of hydrogen-bond acceptors (Lipinski definition) is 5. The predicted octanol–water partition coefficient (Wildman–Crippen LogP) is 6.42. The molecule has 0 aliphatic carbocycles. The monoisotopic (exact) mass is 523 g/mol. The molecule has 0 bridgehead atoms. The maximum atomic E-state index is 13.7. The van der Waals surface area contributed by atoms with Crippen molar-refractivity contribution in [1.82, 2.24) is 35.0 Å². The lowest BCUT2D eigenvalue weighted by molar-refractivity contribution is 0.0131. The molecular weight excluding hydrogens is 496 g/mol. The van der Waals surface area contributed by atoms with Crippen molar-refractivity contribution in [1.29, 1.82) is 0 Å². The van der Waals surface area contributed by atoms with E-state index in [0.717, 1.165) is 50.3 Å². The van der Waals surface area contributed by atoms with Crippen molar-refractivity contribution in [3.63, 3.8) is 0 Å². The summed E-state index contributed by atoms with van der Waals surface area (Å²) in [5.74, 6) is -2.63. The van der Waals surface area contributed by atoms with Crippen LogP contribution in [0.4, 0.5) is 8.78 Å². The zero-order chi connectivity index (χ0) is 27.0. The van der Waals surface area contributed by atoms with Crippen LogP contribution in [0, 0.1) is 0 Å². The fourth-order valence-corrected chi connectivity index (χ4v) is 5.02. The van der Waals surface area contributed by atoms with Crippen LogP contribution in [0.1, 0.15) is 19.0 Å². The molecule has 0 unspecified atom stereocenters. The lowest BCUT2D eigenvalue weighted by atomic mass is 10.1. The first-order valence-electron chi connectivity index (χ1n) is 12.8. The largest absolute Gasteiger partial charge is 0.338 e. The van der Waals surface area contributed by atoms with Gasteiger partial charge in [-0.1, -0.05) is 24.8 Å². The number of nitrogens with zero attached hydrogens (tertiary/aromatic N) is 5. The number of halogens is 2. The molecule has 6 rings (SSSR count). The van der Waals surface area contributed by atoms with Crippen LogP contribution in [0.15, 0.2) is 85.2 Å². The van der Waals surface area contributed by atoms with Gasteiger partial charge in [0.15, 0.2) is 0 Å². The highest BCUT2D eigenvalue weighted by Crippen LogP contribution is 2.33. The molecule has 5 aromatic heterocycles. The van der Waals surface area contributed by atoms with E-state index in [1.807, 2.05) is 61.5 Å². The van der Waals surface area contributed by atoms with Crippen molar-refractivity contribution in [3.05, 3.63) is 90.9 Å². The topological polar surface area (TPSA) is 86.4 Å². The van der Waals surface area contributed by atoms with Gasteiger partial charge in [0.05, 0.1) is 29.1 Å². The summed E-state index contributed by atoms with van der Waals surface area (Å²) < 4.78 is 27.4. The van der Waals surface area contributed by atoms with Crippen molar-refractivity contribution < 1.29 is 8.78 Å². The molecular formula is C30H27F2N7. The SMILES string of the molecule is C=C/C(=C\C(=C/C)c1ccc2[nH]nc(-c3cc4c(-c5ccccn5)ccnc4[nH]3)c2n1)CN1CCC(F)(F)C1. The Morgan fingerprint density at radius 3 is 2.79 bits per heavy atom. The van der Waals surface area contributed by atoms with Gasteiger partial charge in [0, 0.05) is 42.9 Å². The Morgan fingerprint density at radius 1 is 1.15 bits per heavy atom. The highest BCUT2D eigenvalue weighted by molar-refractivity contribution is 5.98. The van der Waals surface area contributed by atoms with E-state index in [0.29, 0.717) is 24.3 Å². The molecule has 1 aliphatic heterocycles. The average Bonchev–Trinajstić information content (AvgIpc) is 3.66. The summed E-state index contributed by atoms with van der Waals surface area (Å²) >= 11 is 0. The van der Waals surface area contributed by atoms with Crippen LogP contribution in [-0.4, -0.2) is 60.6 Å². The van der Waals surface area contributed by atoms with Crippen LogP contribution < -0.4 is 0 Å². The van der Waals surface area contributed by atoms with Gasteiger partial charge < -0.3 is 4.98 Å². The number of aromatic nitrogens is 6. The first kappa shape index (κ1) is 24.8. The zero-order valence-corrected chi connectivity index (χ0v) is 21.5. The van der Waals surface area contributed by atoms with Crippen LogP contribution in [-0.2, 0) is 0 Å². The van der Waals surface area contributed by atoms with Crippen molar-refractivity contribution in [3.8, 4) is 22.6 Å². The summed E-state index contributed by atoms with van der Waals surface area (Å²) in [6, 6.07) is 13.7. The lowest BCUT2D eigenvalue weighted by Crippen LogP contribution is -2.26. The number of allylic oxidation sites excluding steroid dienone is 3. The number of likely N-dealkylation sites (tertiary alicyclic amines) is 1. The molecule has 0 saturated carbocycles. The molecule has 196 valence electrons. The van der Waals surface area contributed by atoms with Gasteiger partial charge in [-0.3, -0.25) is 15.0 Å².